The van der Waals surface area contributed by atoms with Crippen molar-refractivity contribution in [3.05, 3.63) is 63.2 Å². The van der Waals surface area contributed by atoms with E-state index < -0.39 is 34.5 Å². The van der Waals surface area contributed by atoms with Gasteiger partial charge in [-0.05, 0) is 38.3 Å². The van der Waals surface area contributed by atoms with Crippen molar-refractivity contribution in [2.75, 3.05) is 18.0 Å². The van der Waals surface area contributed by atoms with Crippen LogP contribution in [0.2, 0.25) is 0 Å². The predicted molar refractivity (Wildman–Crippen MR) is 113 cm³/mol. The zero-order valence-electron chi connectivity index (χ0n) is 17.4. The molecule has 3 heterocycles. The van der Waals surface area contributed by atoms with Crippen molar-refractivity contribution in [3.8, 4) is 5.69 Å². The maximum atomic E-state index is 15.3. The number of nitrogens with zero attached hydrogens (tertiary/aromatic N) is 3. The molecular weight excluding hydrogens is 425 g/mol. The van der Waals surface area contributed by atoms with E-state index in [2.05, 4.69) is 4.98 Å². The standard InChI is InChI=1S/C22H21F3N4O3/c1-10-18-17(30)8-16(22(31)32)29(15-4-3-13(23)7-14(15)24)20(18)27-21(19(10)25)28-6-5-12(9-28)11(2)26/h3-4,7-8,11-12H,5-6,9,26H2,1-2H3,(H,31,32)/t11-,12+/m0/s1. The van der Waals surface area contributed by atoms with Crippen molar-refractivity contribution >= 4 is 22.8 Å². The van der Waals surface area contributed by atoms with E-state index in [1.807, 2.05) is 6.92 Å². The van der Waals surface area contributed by atoms with Crippen molar-refractivity contribution in [2.45, 2.75) is 26.3 Å². The topological polar surface area (TPSA) is 101 Å². The second-order valence-electron chi connectivity index (χ2n) is 8.06. The number of aromatic carboxylic acids is 1. The van der Waals surface area contributed by atoms with E-state index in [0.29, 0.717) is 25.6 Å². The maximum Gasteiger partial charge on any atom is 0.353 e. The summed E-state index contributed by atoms with van der Waals surface area (Å²) >= 11 is 0. The lowest BCUT2D eigenvalue weighted by Crippen LogP contribution is -2.30. The Kier molecular flexibility index (Phi) is 5.41. The molecule has 32 heavy (non-hydrogen) atoms. The molecule has 3 N–H and O–H groups in total. The molecule has 1 fully saturated rings. The summed E-state index contributed by atoms with van der Waals surface area (Å²) in [5, 5.41) is 9.50. The van der Waals surface area contributed by atoms with E-state index in [9.17, 15) is 23.5 Å². The van der Waals surface area contributed by atoms with E-state index in [1.165, 1.54) is 6.92 Å². The van der Waals surface area contributed by atoms with Gasteiger partial charge in [0.05, 0.1) is 11.1 Å². The Morgan fingerprint density at radius 1 is 1.28 bits per heavy atom. The molecule has 168 valence electrons. The van der Waals surface area contributed by atoms with E-state index in [4.69, 9.17) is 5.73 Å². The summed E-state index contributed by atoms with van der Waals surface area (Å²) in [6.07, 6.45) is 0.713. The van der Waals surface area contributed by atoms with Crippen LogP contribution in [-0.4, -0.2) is 39.8 Å². The molecule has 10 heteroatoms. The van der Waals surface area contributed by atoms with Crippen LogP contribution in [0.15, 0.2) is 29.1 Å². The van der Waals surface area contributed by atoms with Gasteiger partial charge in [-0.15, -0.1) is 0 Å². The van der Waals surface area contributed by atoms with E-state index in [1.54, 1.807) is 4.90 Å². The van der Waals surface area contributed by atoms with Crippen molar-refractivity contribution in [1.82, 2.24) is 9.55 Å². The fourth-order valence-corrected chi connectivity index (χ4v) is 4.16. The number of hydrogen-bond acceptors (Lipinski definition) is 5. The van der Waals surface area contributed by atoms with Crippen LogP contribution < -0.4 is 16.1 Å². The highest BCUT2D eigenvalue weighted by Gasteiger charge is 2.30. The molecule has 1 saturated heterocycles. The molecule has 3 aromatic rings. The average molecular weight is 446 g/mol. The second-order valence-corrected chi connectivity index (χ2v) is 8.06. The maximum absolute atomic E-state index is 15.3. The Morgan fingerprint density at radius 3 is 2.59 bits per heavy atom. The summed E-state index contributed by atoms with van der Waals surface area (Å²) in [6.45, 7) is 4.14. The van der Waals surface area contributed by atoms with Gasteiger partial charge in [0.1, 0.15) is 17.3 Å². The molecule has 2 aromatic heterocycles. The highest BCUT2D eigenvalue weighted by atomic mass is 19.1. The summed E-state index contributed by atoms with van der Waals surface area (Å²) < 4.78 is 44.4. The van der Waals surface area contributed by atoms with Gasteiger partial charge in [0, 0.05) is 36.8 Å². The summed E-state index contributed by atoms with van der Waals surface area (Å²) in [7, 11) is 0. The number of carboxylic acids is 1. The number of carbonyl (C=O) groups is 1. The number of aryl methyl sites for hydroxylation is 1. The number of nitrogens with two attached hydrogens (primary N) is 1. The van der Waals surface area contributed by atoms with Crippen LogP contribution in [-0.2, 0) is 0 Å². The zero-order chi connectivity index (χ0) is 23.3. The van der Waals surface area contributed by atoms with E-state index >= 15 is 4.39 Å². The van der Waals surface area contributed by atoms with Crippen LogP contribution in [0.4, 0.5) is 19.0 Å². The third kappa shape index (κ3) is 3.50. The lowest BCUT2D eigenvalue weighted by atomic mass is 10.0. The Morgan fingerprint density at radius 2 is 2.00 bits per heavy atom. The minimum Gasteiger partial charge on any atom is -0.477 e. The fraction of sp³-hybridized carbons (Fsp3) is 0.318. The highest BCUT2D eigenvalue weighted by molar-refractivity contribution is 5.92. The molecular formula is C22H21F3N4O3. The van der Waals surface area contributed by atoms with Crippen LogP contribution in [0.3, 0.4) is 0 Å². The van der Waals surface area contributed by atoms with Gasteiger partial charge < -0.3 is 15.7 Å². The Labute approximate surface area is 180 Å². The molecule has 1 aliphatic rings. The third-order valence-electron chi connectivity index (χ3n) is 5.94. The fourth-order valence-electron chi connectivity index (χ4n) is 4.16. The van der Waals surface area contributed by atoms with Gasteiger partial charge in [0.25, 0.3) is 0 Å². The van der Waals surface area contributed by atoms with Gasteiger partial charge in [-0.3, -0.25) is 9.36 Å². The monoisotopic (exact) mass is 446 g/mol. The lowest BCUT2D eigenvalue weighted by Gasteiger charge is -2.22. The van der Waals surface area contributed by atoms with Crippen molar-refractivity contribution in [1.29, 1.82) is 0 Å². The molecule has 0 bridgehead atoms. The zero-order valence-corrected chi connectivity index (χ0v) is 17.4. The summed E-state index contributed by atoms with van der Waals surface area (Å²) in [6, 6.07) is 3.26. The number of halogens is 3. The molecule has 4 rings (SSSR count). The van der Waals surface area contributed by atoms with Crippen LogP contribution >= 0.6 is 0 Å². The summed E-state index contributed by atoms with van der Waals surface area (Å²) in [5.41, 5.74) is 4.05. The molecule has 0 radical (unpaired) electrons. The van der Waals surface area contributed by atoms with Gasteiger partial charge in [-0.25, -0.2) is 22.9 Å². The molecule has 7 nitrogen and oxygen atoms in total. The Bertz CT molecular complexity index is 1310. The Hall–Kier alpha value is -3.40. The van der Waals surface area contributed by atoms with Gasteiger partial charge in [-0.2, -0.15) is 0 Å². The van der Waals surface area contributed by atoms with Crippen LogP contribution in [0.5, 0.6) is 0 Å². The lowest BCUT2D eigenvalue weighted by molar-refractivity contribution is 0.0687. The first-order valence-corrected chi connectivity index (χ1v) is 10.0. The number of pyridine rings is 2. The highest BCUT2D eigenvalue weighted by Crippen LogP contribution is 2.32. The number of benzene rings is 1. The van der Waals surface area contributed by atoms with Crippen LogP contribution in [0, 0.1) is 30.3 Å². The van der Waals surface area contributed by atoms with Gasteiger partial charge in [0.15, 0.2) is 22.7 Å². The first-order valence-electron chi connectivity index (χ1n) is 10.0. The molecule has 1 aromatic carbocycles. The SMILES string of the molecule is Cc1c(F)c(N2CC[C@@H]([C@H](C)N)C2)nc2c1c(=O)cc(C(=O)O)n2-c1ccc(F)cc1F. The van der Waals surface area contributed by atoms with E-state index in [0.717, 1.165) is 22.8 Å². The van der Waals surface area contributed by atoms with Crippen molar-refractivity contribution < 1.29 is 23.1 Å². The molecule has 2 atom stereocenters. The van der Waals surface area contributed by atoms with Gasteiger partial charge in [0.2, 0.25) is 0 Å². The largest absolute Gasteiger partial charge is 0.477 e. The Balaban J connectivity index is 2.06. The molecule has 0 aliphatic carbocycles. The molecule has 0 unspecified atom stereocenters. The number of hydrogen-bond donors (Lipinski definition) is 2. The first kappa shape index (κ1) is 21.8. The van der Waals surface area contributed by atoms with Gasteiger partial charge >= 0.3 is 5.97 Å². The second kappa shape index (κ2) is 7.94. The number of fused-ring (bicyclic) bond motifs is 1. The molecule has 0 saturated carbocycles. The van der Waals surface area contributed by atoms with Crippen LogP contribution in [0.1, 0.15) is 29.4 Å². The molecule has 0 spiro atoms. The summed E-state index contributed by atoms with van der Waals surface area (Å²) in [4.78, 5) is 30.6. The van der Waals surface area contributed by atoms with Crippen molar-refractivity contribution in [2.24, 2.45) is 11.7 Å². The number of anilines is 1. The minimum atomic E-state index is -1.52. The van der Waals surface area contributed by atoms with Gasteiger partial charge in [-0.1, -0.05) is 0 Å². The van der Waals surface area contributed by atoms with E-state index in [-0.39, 0.29) is 40.1 Å². The van der Waals surface area contributed by atoms with Crippen molar-refractivity contribution in [3.63, 3.8) is 0 Å². The summed E-state index contributed by atoms with van der Waals surface area (Å²) in [5.74, 6) is -4.11. The number of aromatic nitrogens is 2. The molecule has 0 amide bonds. The minimum absolute atomic E-state index is 0.0348. The smallest absolute Gasteiger partial charge is 0.353 e. The normalized spacial score (nSPS) is 17.2. The number of rotatable bonds is 4. The quantitative estimate of drug-likeness (QED) is 0.639. The average Bonchev–Trinajstić information content (AvgIpc) is 3.21. The predicted octanol–water partition coefficient (Wildman–Crippen LogP) is 2.98. The van der Waals surface area contributed by atoms with Crippen LogP contribution in [0.25, 0.3) is 16.7 Å². The first-order chi connectivity index (χ1) is 15.1. The molecule has 1 aliphatic heterocycles. The third-order valence-corrected chi connectivity index (χ3v) is 5.94. The number of carboxylic acid groups (broad SMARTS) is 1.